The van der Waals surface area contributed by atoms with Crippen molar-refractivity contribution in [3.8, 4) is 5.69 Å². The third-order valence-corrected chi connectivity index (χ3v) is 8.46. The monoisotopic (exact) mass is 569 g/mol. The number of methoxy groups -OCH3 is 1. The Balaban J connectivity index is 1.65. The number of hydrogen-bond donors (Lipinski definition) is 1. The van der Waals surface area contributed by atoms with E-state index in [0.717, 1.165) is 33.8 Å². The lowest BCUT2D eigenvalue weighted by Gasteiger charge is -2.24. The van der Waals surface area contributed by atoms with Crippen LogP contribution >= 0.6 is 11.3 Å². The van der Waals surface area contributed by atoms with E-state index < -0.39 is 18.0 Å². The van der Waals surface area contributed by atoms with Gasteiger partial charge in [-0.1, -0.05) is 49.4 Å². The molecule has 1 aliphatic heterocycles. The van der Waals surface area contributed by atoms with E-state index in [-0.39, 0.29) is 11.1 Å². The maximum Gasteiger partial charge on any atom is 0.338 e. The van der Waals surface area contributed by atoms with Crippen LogP contribution < -0.4 is 14.9 Å². The van der Waals surface area contributed by atoms with Crippen molar-refractivity contribution in [3.63, 3.8) is 0 Å². The Morgan fingerprint density at radius 3 is 2.29 bits per heavy atom. The first-order valence-electron chi connectivity index (χ1n) is 13.2. The number of aromatic nitrogens is 2. The molecule has 0 saturated heterocycles. The molecule has 0 aliphatic carbocycles. The molecule has 0 fully saturated rings. The smallest absolute Gasteiger partial charge is 0.338 e. The van der Waals surface area contributed by atoms with E-state index in [1.807, 2.05) is 54.8 Å². The molecule has 4 aromatic rings. The van der Waals surface area contributed by atoms with Crippen LogP contribution in [0.4, 0.5) is 0 Å². The first kappa shape index (κ1) is 28.0. The predicted molar refractivity (Wildman–Crippen MR) is 159 cm³/mol. The Morgan fingerprint density at radius 1 is 1.05 bits per heavy atom. The number of allylic oxidation sites excluding steroid dienone is 1. The second kappa shape index (κ2) is 10.8. The highest BCUT2D eigenvalue weighted by Gasteiger charge is 2.33. The van der Waals surface area contributed by atoms with Gasteiger partial charge in [0.15, 0.2) is 4.80 Å². The summed E-state index contributed by atoms with van der Waals surface area (Å²) in [5, 5.41) is 9.24. The van der Waals surface area contributed by atoms with Gasteiger partial charge < -0.3 is 14.4 Å². The molecular weight excluding hydrogens is 538 g/mol. The summed E-state index contributed by atoms with van der Waals surface area (Å²) in [6.07, 6.45) is 1.85. The van der Waals surface area contributed by atoms with Gasteiger partial charge in [0.2, 0.25) is 0 Å². The maximum atomic E-state index is 14.0. The zero-order valence-electron chi connectivity index (χ0n) is 23.8. The number of fused-ring (bicyclic) bond motifs is 1. The molecule has 1 atom stereocenters. The van der Waals surface area contributed by atoms with Crippen LogP contribution in [0.15, 0.2) is 75.7 Å². The van der Waals surface area contributed by atoms with Crippen LogP contribution in [0, 0.1) is 13.8 Å². The fourth-order valence-corrected chi connectivity index (χ4v) is 6.33. The van der Waals surface area contributed by atoms with Crippen LogP contribution in [0.2, 0.25) is 0 Å². The molecule has 3 heterocycles. The summed E-state index contributed by atoms with van der Waals surface area (Å²) in [5.74, 6) is -1.15. The van der Waals surface area contributed by atoms with E-state index in [4.69, 9.17) is 4.74 Å². The molecule has 0 amide bonds. The van der Waals surface area contributed by atoms with E-state index in [2.05, 4.69) is 18.8 Å². The van der Waals surface area contributed by atoms with Crippen LogP contribution in [0.5, 0.6) is 0 Å². The largest absolute Gasteiger partial charge is 0.478 e. The zero-order valence-corrected chi connectivity index (χ0v) is 24.6. The quantitative estimate of drug-likeness (QED) is 0.341. The Morgan fingerprint density at radius 2 is 1.71 bits per heavy atom. The summed E-state index contributed by atoms with van der Waals surface area (Å²) >= 11 is 1.28. The molecule has 0 spiro atoms. The molecule has 41 heavy (non-hydrogen) atoms. The van der Waals surface area contributed by atoms with Crippen molar-refractivity contribution in [2.24, 2.45) is 4.99 Å². The van der Waals surface area contributed by atoms with E-state index in [0.29, 0.717) is 26.5 Å². The number of aromatic carboxylic acids is 1. The van der Waals surface area contributed by atoms with Crippen molar-refractivity contribution < 1.29 is 19.4 Å². The van der Waals surface area contributed by atoms with E-state index in [1.165, 1.54) is 18.4 Å². The Kier molecular flexibility index (Phi) is 7.40. The third kappa shape index (κ3) is 4.97. The summed E-state index contributed by atoms with van der Waals surface area (Å²) in [7, 11) is 1.33. The van der Waals surface area contributed by atoms with Crippen molar-refractivity contribution in [2.45, 2.75) is 46.6 Å². The summed E-state index contributed by atoms with van der Waals surface area (Å²) in [6.45, 7) is 9.92. The van der Waals surface area contributed by atoms with Gasteiger partial charge >= 0.3 is 11.9 Å². The highest BCUT2D eigenvalue weighted by atomic mass is 32.1. The fourth-order valence-electron chi connectivity index (χ4n) is 5.30. The number of nitrogens with zero attached hydrogens (tertiary/aromatic N) is 3. The first-order valence-corrected chi connectivity index (χ1v) is 14.1. The first-order chi connectivity index (χ1) is 19.5. The number of ether oxygens (including phenoxy) is 1. The molecule has 0 unspecified atom stereocenters. The minimum Gasteiger partial charge on any atom is -0.478 e. The van der Waals surface area contributed by atoms with Crippen LogP contribution in [-0.2, 0) is 9.53 Å². The molecule has 1 aliphatic rings. The van der Waals surface area contributed by atoms with Crippen molar-refractivity contribution >= 4 is 29.4 Å². The second-order valence-electron chi connectivity index (χ2n) is 10.4. The van der Waals surface area contributed by atoms with E-state index in [9.17, 15) is 19.5 Å². The third-order valence-electron chi connectivity index (χ3n) is 7.48. The molecule has 5 rings (SSSR count). The standard InChI is InChI=1S/C32H31N3O5S/c1-17(2)21-7-9-22(10-8-21)28-27(31(39)40-6)19(4)33-32-35(28)29(36)26(41-32)16-24-15-18(3)34(20(24)5)25-13-11-23(12-14-25)30(37)38/h7-17,28H,1-6H3,(H,37,38)/b26-16+/t28-/m0/s1. The molecule has 0 bridgehead atoms. The maximum absolute atomic E-state index is 14.0. The molecule has 210 valence electrons. The second-order valence-corrected chi connectivity index (χ2v) is 11.4. The molecule has 2 aromatic heterocycles. The minimum atomic E-state index is -0.978. The number of carboxylic acid groups (broad SMARTS) is 1. The van der Waals surface area contributed by atoms with Gasteiger partial charge in [0.05, 0.1) is 34.5 Å². The van der Waals surface area contributed by atoms with Crippen LogP contribution in [-0.4, -0.2) is 33.3 Å². The van der Waals surface area contributed by atoms with Crippen molar-refractivity contribution in [3.05, 3.63) is 119 Å². The normalized spacial score (nSPS) is 15.2. The molecule has 1 N–H and O–H groups in total. The summed E-state index contributed by atoms with van der Waals surface area (Å²) in [4.78, 5) is 43.3. The minimum absolute atomic E-state index is 0.215. The lowest BCUT2D eigenvalue weighted by Crippen LogP contribution is -2.39. The number of benzene rings is 2. The topological polar surface area (TPSA) is 103 Å². The zero-order chi connectivity index (χ0) is 29.6. The van der Waals surface area contributed by atoms with E-state index in [1.54, 1.807) is 35.8 Å². The molecule has 2 aromatic carbocycles. The highest BCUT2D eigenvalue weighted by Crippen LogP contribution is 2.31. The number of aryl methyl sites for hydroxylation is 1. The van der Waals surface area contributed by atoms with Gasteiger partial charge in [0, 0.05) is 17.1 Å². The SMILES string of the molecule is COC(=O)C1=C(C)N=c2s/c(=C/c3cc(C)n(-c4ccc(C(=O)O)cc4)c3C)c(=O)n2[C@H]1c1ccc(C(C)C)cc1. The van der Waals surface area contributed by atoms with E-state index >= 15 is 0 Å². The Bertz CT molecular complexity index is 1890. The Hall–Kier alpha value is -4.50. The number of carbonyl (C=O) groups excluding carboxylic acids is 1. The van der Waals surface area contributed by atoms with Gasteiger partial charge in [-0.25, -0.2) is 14.6 Å². The van der Waals surface area contributed by atoms with Gasteiger partial charge in [0.25, 0.3) is 5.56 Å². The molecule has 8 nitrogen and oxygen atoms in total. The van der Waals surface area contributed by atoms with Gasteiger partial charge in [-0.05, 0) is 79.8 Å². The van der Waals surface area contributed by atoms with Gasteiger partial charge in [-0.15, -0.1) is 0 Å². The van der Waals surface area contributed by atoms with Gasteiger partial charge in [0.1, 0.15) is 0 Å². The van der Waals surface area contributed by atoms with Gasteiger partial charge in [-0.3, -0.25) is 9.36 Å². The van der Waals surface area contributed by atoms with Gasteiger partial charge in [-0.2, -0.15) is 0 Å². The number of thiazole rings is 1. The number of rotatable bonds is 6. The summed E-state index contributed by atoms with van der Waals surface area (Å²) in [5.41, 5.74) is 6.33. The van der Waals surface area contributed by atoms with Crippen molar-refractivity contribution in [2.75, 3.05) is 7.11 Å². The molecule has 0 saturated carbocycles. The molecule has 9 heteroatoms. The molecular formula is C32H31N3O5S. The lowest BCUT2D eigenvalue weighted by molar-refractivity contribution is -0.136. The van der Waals surface area contributed by atoms with Crippen molar-refractivity contribution in [1.82, 2.24) is 9.13 Å². The molecule has 0 radical (unpaired) electrons. The number of esters is 1. The predicted octanol–water partition coefficient (Wildman–Crippen LogP) is 4.64. The number of carbonyl (C=O) groups is 2. The van der Waals surface area contributed by atoms with Crippen LogP contribution in [0.25, 0.3) is 11.8 Å². The summed E-state index contributed by atoms with van der Waals surface area (Å²) < 4.78 is 9.22. The Labute approximate surface area is 241 Å². The van der Waals surface area contributed by atoms with Crippen LogP contribution in [0.1, 0.15) is 71.2 Å². The summed E-state index contributed by atoms with van der Waals surface area (Å²) in [6, 6.07) is 16.0. The number of hydrogen-bond acceptors (Lipinski definition) is 6. The highest BCUT2D eigenvalue weighted by molar-refractivity contribution is 7.07. The van der Waals surface area contributed by atoms with Crippen LogP contribution in [0.3, 0.4) is 0 Å². The number of carboxylic acids is 1. The average Bonchev–Trinajstić information content (AvgIpc) is 3.41. The lowest BCUT2D eigenvalue weighted by atomic mass is 9.93. The average molecular weight is 570 g/mol. The van der Waals surface area contributed by atoms with Crippen molar-refractivity contribution in [1.29, 1.82) is 0 Å². The fraction of sp³-hybridized carbons (Fsp3) is 0.250.